The lowest BCUT2D eigenvalue weighted by atomic mass is 9.92. The third-order valence-corrected chi connectivity index (χ3v) is 3.17. The van der Waals surface area contributed by atoms with E-state index in [1.54, 1.807) is 29.9 Å². The molecule has 0 fully saturated rings. The number of ether oxygens (including phenoxy) is 1. The molecule has 5 heteroatoms. The van der Waals surface area contributed by atoms with Crippen molar-refractivity contribution >= 4 is 0 Å². The molecule has 0 saturated carbocycles. The van der Waals surface area contributed by atoms with Crippen molar-refractivity contribution in [3.63, 3.8) is 0 Å². The fraction of sp³-hybridized carbons (Fsp3) is 0.357. The first-order valence-corrected chi connectivity index (χ1v) is 6.09. The van der Waals surface area contributed by atoms with Gasteiger partial charge in [-0.05, 0) is 31.5 Å². The number of nitrogens with zero attached hydrogens (tertiary/aromatic N) is 2. The van der Waals surface area contributed by atoms with Crippen LogP contribution in [0.1, 0.15) is 25.1 Å². The predicted octanol–water partition coefficient (Wildman–Crippen LogP) is 2.31. The van der Waals surface area contributed by atoms with Gasteiger partial charge in [0.1, 0.15) is 17.1 Å². The van der Waals surface area contributed by atoms with E-state index in [2.05, 4.69) is 5.10 Å². The smallest absolute Gasteiger partial charge is 0.163 e. The van der Waals surface area contributed by atoms with E-state index in [1.165, 1.54) is 19.2 Å². The van der Waals surface area contributed by atoms with Crippen LogP contribution in [0.2, 0.25) is 0 Å². The second-order valence-electron chi connectivity index (χ2n) is 4.46. The number of hydrogen-bond acceptors (Lipinski definition) is 3. The Labute approximate surface area is 111 Å². The second-order valence-corrected chi connectivity index (χ2v) is 4.46. The summed E-state index contributed by atoms with van der Waals surface area (Å²) in [5.41, 5.74) is -0.399. The van der Waals surface area contributed by atoms with Gasteiger partial charge in [0.2, 0.25) is 0 Å². The molecule has 0 radical (unpaired) electrons. The molecule has 1 N–H and O–H groups in total. The number of methoxy groups -OCH3 is 1. The molecule has 0 aliphatic heterocycles. The summed E-state index contributed by atoms with van der Waals surface area (Å²) in [6, 6.07) is 5.90. The zero-order valence-electron chi connectivity index (χ0n) is 11.2. The van der Waals surface area contributed by atoms with Gasteiger partial charge in [0.05, 0.1) is 13.3 Å². The molecule has 0 aliphatic carbocycles. The van der Waals surface area contributed by atoms with Crippen molar-refractivity contribution in [3.8, 4) is 5.75 Å². The summed E-state index contributed by atoms with van der Waals surface area (Å²) in [5, 5.41) is 14.9. The molecule has 4 nitrogen and oxygen atoms in total. The highest BCUT2D eigenvalue weighted by atomic mass is 19.1. The zero-order chi connectivity index (χ0) is 14.0. The molecule has 19 heavy (non-hydrogen) atoms. The van der Waals surface area contributed by atoms with Gasteiger partial charge in [0, 0.05) is 6.54 Å². The lowest BCUT2D eigenvalue weighted by molar-refractivity contribution is 0.0882. The van der Waals surface area contributed by atoms with Crippen molar-refractivity contribution < 1.29 is 14.2 Å². The molecule has 2 aromatic rings. The van der Waals surface area contributed by atoms with Crippen LogP contribution in [0.5, 0.6) is 5.75 Å². The molecule has 0 saturated heterocycles. The molecular weight excluding hydrogens is 247 g/mol. The molecule has 0 aliphatic rings. The number of halogens is 1. The molecular formula is C14H17FN2O2. The summed E-state index contributed by atoms with van der Waals surface area (Å²) < 4.78 is 20.2. The highest BCUT2D eigenvalue weighted by Crippen LogP contribution is 2.35. The molecule has 0 amide bonds. The van der Waals surface area contributed by atoms with E-state index in [0.717, 1.165) is 0 Å². The van der Waals surface area contributed by atoms with Crippen molar-refractivity contribution in [2.75, 3.05) is 7.11 Å². The Morgan fingerprint density at radius 3 is 2.79 bits per heavy atom. The van der Waals surface area contributed by atoms with Crippen LogP contribution < -0.4 is 4.74 Å². The van der Waals surface area contributed by atoms with Gasteiger partial charge in [-0.2, -0.15) is 5.10 Å². The summed E-state index contributed by atoms with van der Waals surface area (Å²) >= 11 is 0. The Bertz CT molecular complexity index is 557. The van der Waals surface area contributed by atoms with E-state index in [1.807, 2.05) is 6.92 Å². The minimum absolute atomic E-state index is 0.390. The van der Waals surface area contributed by atoms with Crippen molar-refractivity contribution in [2.24, 2.45) is 0 Å². The Kier molecular flexibility index (Phi) is 3.57. The first-order valence-electron chi connectivity index (χ1n) is 6.09. The molecule has 2 rings (SSSR count). The van der Waals surface area contributed by atoms with Crippen LogP contribution in [0, 0.1) is 5.82 Å². The molecule has 102 valence electrons. The maximum atomic E-state index is 13.3. The van der Waals surface area contributed by atoms with Gasteiger partial charge < -0.3 is 9.84 Å². The van der Waals surface area contributed by atoms with E-state index in [9.17, 15) is 9.50 Å². The van der Waals surface area contributed by atoms with Crippen LogP contribution in [-0.4, -0.2) is 22.0 Å². The van der Waals surface area contributed by atoms with E-state index in [0.29, 0.717) is 23.6 Å². The van der Waals surface area contributed by atoms with E-state index >= 15 is 0 Å². The Hall–Kier alpha value is -1.88. The predicted molar refractivity (Wildman–Crippen MR) is 69.5 cm³/mol. The van der Waals surface area contributed by atoms with Crippen LogP contribution in [0.3, 0.4) is 0 Å². The van der Waals surface area contributed by atoms with Gasteiger partial charge in [-0.25, -0.2) is 4.39 Å². The van der Waals surface area contributed by atoms with Gasteiger partial charge in [-0.3, -0.25) is 4.68 Å². The Balaban J connectivity index is 2.58. The fourth-order valence-corrected chi connectivity index (χ4v) is 2.18. The molecule has 1 aromatic carbocycles. The van der Waals surface area contributed by atoms with Crippen molar-refractivity contribution in [1.29, 1.82) is 0 Å². The van der Waals surface area contributed by atoms with E-state index in [-0.39, 0.29) is 5.82 Å². The number of aliphatic hydroxyl groups is 1. The first-order chi connectivity index (χ1) is 9.00. The van der Waals surface area contributed by atoms with Crippen molar-refractivity contribution in [1.82, 2.24) is 9.78 Å². The highest BCUT2D eigenvalue weighted by molar-refractivity contribution is 5.39. The van der Waals surface area contributed by atoms with E-state index < -0.39 is 5.60 Å². The van der Waals surface area contributed by atoms with Crippen LogP contribution in [-0.2, 0) is 12.1 Å². The van der Waals surface area contributed by atoms with E-state index in [4.69, 9.17) is 4.74 Å². The van der Waals surface area contributed by atoms with Crippen LogP contribution in [0.25, 0.3) is 0 Å². The first kappa shape index (κ1) is 13.5. The summed E-state index contributed by atoms with van der Waals surface area (Å²) in [6.07, 6.45) is 1.55. The van der Waals surface area contributed by atoms with Crippen LogP contribution >= 0.6 is 0 Å². The lowest BCUT2D eigenvalue weighted by Crippen LogP contribution is -2.27. The van der Waals surface area contributed by atoms with Crippen molar-refractivity contribution in [2.45, 2.75) is 26.0 Å². The standard InChI is InChI=1S/C14H17FN2O2/c1-4-17-13(12(19-3)9-16-17)14(2,18)10-6-5-7-11(15)8-10/h5-9,18H,4H2,1-3H3. The SMILES string of the molecule is CCn1ncc(OC)c1C(C)(O)c1cccc(F)c1. The average Bonchev–Trinajstić information content (AvgIpc) is 2.82. The zero-order valence-corrected chi connectivity index (χ0v) is 11.2. The summed E-state index contributed by atoms with van der Waals surface area (Å²) in [4.78, 5) is 0. The Morgan fingerprint density at radius 2 is 2.21 bits per heavy atom. The minimum atomic E-state index is -1.38. The molecule has 0 spiro atoms. The largest absolute Gasteiger partial charge is 0.493 e. The monoisotopic (exact) mass is 264 g/mol. The fourth-order valence-electron chi connectivity index (χ4n) is 2.18. The average molecular weight is 264 g/mol. The minimum Gasteiger partial charge on any atom is -0.493 e. The van der Waals surface area contributed by atoms with Gasteiger partial charge in [0.25, 0.3) is 0 Å². The maximum absolute atomic E-state index is 13.3. The molecule has 1 atom stereocenters. The quantitative estimate of drug-likeness (QED) is 0.921. The molecule has 0 bridgehead atoms. The lowest BCUT2D eigenvalue weighted by Gasteiger charge is -2.25. The van der Waals surface area contributed by atoms with Gasteiger partial charge in [0.15, 0.2) is 5.75 Å². The molecule has 1 heterocycles. The van der Waals surface area contributed by atoms with Crippen LogP contribution in [0.15, 0.2) is 30.5 Å². The normalized spacial score (nSPS) is 14.2. The van der Waals surface area contributed by atoms with Gasteiger partial charge in [-0.15, -0.1) is 0 Å². The number of aromatic nitrogens is 2. The highest BCUT2D eigenvalue weighted by Gasteiger charge is 2.33. The van der Waals surface area contributed by atoms with Crippen LogP contribution in [0.4, 0.5) is 4.39 Å². The summed E-state index contributed by atoms with van der Waals surface area (Å²) in [6.45, 7) is 4.11. The second kappa shape index (κ2) is 5.01. The summed E-state index contributed by atoms with van der Waals surface area (Å²) in [7, 11) is 1.52. The topological polar surface area (TPSA) is 47.3 Å². The van der Waals surface area contributed by atoms with Crippen molar-refractivity contribution in [3.05, 3.63) is 47.5 Å². The number of aryl methyl sites for hydroxylation is 1. The number of rotatable bonds is 4. The Morgan fingerprint density at radius 1 is 1.47 bits per heavy atom. The third kappa shape index (κ3) is 2.33. The maximum Gasteiger partial charge on any atom is 0.163 e. The molecule has 1 aromatic heterocycles. The number of benzene rings is 1. The van der Waals surface area contributed by atoms with Gasteiger partial charge in [-0.1, -0.05) is 12.1 Å². The van der Waals surface area contributed by atoms with Gasteiger partial charge >= 0.3 is 0 Å². The third-order valence-electron chi connectivity index (χ3n) is 3.17. The summed E-state index contributed by atoms with van der Waals surface area (Å²) in [5.74, 6) is 0.0930. The molecule has 1 unspecified atom stereocenters. The number of hydrogen-bond donors (Lipinski definition) is 1.